The van der Waals surface area contributed by atoms with Crippen LogP contribution < -0.4 is 4.85 Å². The van der Waals surface area contributed by atoms with Crippen molar-refractivity contribution in [2.45, 2.75) is 0 Å². The molecule has 0 saturated carbocycles. The molecular weight excluding hydrogens is 142 g/mol. The molecule has 2 heterocycles. The topological polar surface area (TPSA) is 52.7 Å². The summed E-state index contributed by atoms with van der Waals surface area (Å²) in [5, 5.41) is 15.1. The van der Waals surface area contributed by atoms with E-state index in [4.69, 9.17) is 0 Å². The second-order valence-electron chi connectivity index (χ2n) is 2.13. The third-order valence-corrected chi connectivity index (χ3v) is 1.39. The number of nitrogens with zero attached hydrogens (tertiary/aromatic N) is 3. The number of hydrogen-bond donors (Lipinski definition) is 0. The van der Waals surface area contributed by atoms with Gasteiger partial charge in [-0.3, -0.25) is 0 Å². The maximum Gasteiger partial charge on any atom is 0.228 e. The first-order valence-electron chi connectivity index (χ1n) is 3.17. The van der Waals surface area contributed by atoms with Crippen molar-refractivity contribution >= 4 is 11.0 Å². The summed E-state index contributed by atoms with van der Waals surface area (Å²) in [4.78, 5) is 4.41. The second kappa shape index (κ2) is 2.16. The molecule has 0 spiro atoms. The van der Waals surface area contributed by atoms with E-state index in [2.05, 4.69) is 10.1 Å². The fourth-order valence-electron chi connectivity index (χ4n) is 0.894. The summed E-state index contributed by atoms with van der Waals surface area (Å²) in [7, 11) is 0. The molecule has 0 aliphatic heterocycles. The van der Waals surface area contributed by atoms with E-state index < -0.39 is 0 Å². The molecule has 0 saturated heterocycles. The lowest BCUT2D eigenvalue weighted by Gasteiger charge is -1.93. The molecule has 0 radical (unpaired) electrons. The number of rotatable bonds is 0. The largest absolute Gasteiger partial charge is 0.594 e. The van der Waals surface area contributed by atoms with Crippen molar-refractivity contribution in [3.05, 3.63) is 35.8 Å². The third kappa shape index (κ3) is 0.980. The Bertz CT molecular complexity index is 388. The molecule has 0 aromatic carbocycles. The Morgan fingerprint density at radius 3 is 3.18 bits per heavy atom. The zero-order valence-electron chi connectivity index (χ0n) is 5.64. The van der Waals surface area contributed by atoms with Gasteiger partial charge in [0.2, 0.25) is 11.8 Å². The minimum absolute atomic E-state index is 0.477. The minimum Gasteiger partial charge on any atom is -0.594 e. The van der Waals surface area contributed by atoms with Crippen LogP contribution >= 0.6 is 0 Å². The predicted molar refractivity (Wildman–Crippen MR) is 38.5 cm³/mol. The molecule has 2 aromatic rings. The summed E-state index contributed by atoms with van der Waals surface area (Å²) in [6.07, 6.45) is 2.96. The summed E-state index contributed by atoms with van der Waals surface area (Å²) < 4.78 is 0. The SMILES string of the molecule is [O-][n+]1ccc2cccnc2n1. The number of pyridine rings is 1. The molecule has 0 N–H and O–H groups in total. The highest BCUT2D eigenvalue weighted by Gasteiger charge is 1.97. The quantitative estimate of drug-likeness (QED) is 0.397. The number of aromatic nitrogens is 3. The first kappa shape index (κ1) is 6.03. The van der Waals surface area contributed by atoms with E-state index in [-0.39, 0.29) is 0 Å². The van der Waals surface area contributed by atoms with Gasteiger partial charge in [-0.1, -0.05) is 4.85 Å². The molecule has 0 fully saturated rings. The monoisotopic (exact) mass is 147 g/mol. The lowest BCUT2D eigenvalue weighted by atomic mass is 10.3. The summed E-state index contributed by atoms with van der Waals surface area (Å²) >= 11 is 0. The van der Waals surface area contributed by atoms with Crippen LogP contribution in [0.4, 0.5) is 0 Å². The van der Waals surface area contributed by atoms with Gasteiger partial charge in [-0.05, 0) is 12.1 Å². The van der Waals surface area contributed by atoms with E-state index in [0.717, 1.165) is 5.39 Å². The average Bonchev–Trinajstić information content (AvgIpc) is 2.04. The molecule has 2 aromatic heterocycles. The highest BCUT2D eigenvalue weighted by molar-refractivity contribution is 5.72. The van der Waals surface area contributed by atoms with Crippen molar-refractivity contribution < 1.29 is 4.85 Å². The molecule has 2 rings (SSSR count). The van der Waals surface area contributed by atoms with Gasteiger partial charge in [-0.25, -0.2) is 4.98 Å². The maximum absolute atomic E-state index is 10.6. The summed E-state index contributed by atoms with van der Waals surface area (Å²) in [6, 6.07) is 5.34. The molecule has 4 nitrogen and oxygen atoms in total. The van der Waals surface area contributed by atoms with Crippen LogP contribution in [0.1, 0.15) is 0 Å². The van der Waals surface area contributed by atoms with Crippen molar-refractivity contribution in [1.29, 1.82) is 0 Å². The zero-order chi connectivity index (χ0) is 7.68. The highest BCUT2D eigenvalue weighted by atomic mass is 16.5. The molecule has 4 heteroatoms. The molecular formula is C7H5N3O. The van der Waals surface area contributed by atoms with Crippen molar-refractivity contribution in [3.63, 3.8) is 0 Å². The van der Waals surface area contributed by atoms with Crippen LogP contribution in [0.15, 0.2) is 30.6 Å². The first-order valence-corrected chi connectivity index (χ1v) is 3.17. The van der Waals surface area contributed by atoms with Crippen molar-refractivity contribution in [3.8, 4) is 0 Å². The van der Waals surface area contributed by atoms with E-state index in [1.54, 1.807) is 18.3 Å². The Labute approximate surface area is 62.7 Å². The smallest absolute Gasteiger partial charge is 0.228 e. The van der Waals surface area contributed by atoms with E-state index in [9.17, 15) is 5.21 Å². The average molecular weight is 147 g/mol. The highest BCUT2D eigenvalue weighted by Crippen LogP contribution is 2.02. The second-order valence-corrected chi connectivity index (χ2v) is 2.13. The van der Waals surface area contributed by atoms with Crippen LogP contribution in [0.25, 0.3) is 11.0 Å². The van der Waals surface area contributed by atoms with Gasteiger partial charge in [-0.15, -0.1) is 0 Å². The minimum atomic E-state index is 0.477. The van der Waals surface area contributed by atoms with Crippen LogP contribution in [0.2, 0.25) is 0 Å². The van der Waals surface area contributed by atoms with E-state index >= 15 is 0 Å². The summed E-state index contributed by atoms with van der Waals surface area (Å²) in [5.74, 6) is 0. The normalized spacial score (nSPS) is 10.2. The standard InChI is InChI=1S/C7H5N3O/c11-10-5-3-6-2-1-4-8-7(6)9-10/h1-5H. The van der Waals surface area contributed by atoms with Gasteiger partial charge in [0.05, 0.1) is 0 Å². The fraction of sp³-hybridized carbons (Fsp3) is 0. The van der Waals surface area contributed by atoms with Crippen LogP contribution in [0, 0.1) is 5.21 Å². The molecule has 0 atom stereocenters. The Balaban J connectivity index is 2.83. The molecule has 0 aliphatic rings. The summed E-state index contributed by atoms with van der Waals surface area (Å²) in [6.45, 7) is 0. The number of fused-ring (bicyclic) bond motifs is 1. The van der Waals surface area contributed by atoms with Gasteiger partial charge >= 0.3 is 0 Å². The van der Waals surface area contributed by atoms with Crippen LogP contribution in [-0.2, 0) is 0 Å². The fourth-order valence-corrected chi connectivity index (χ4v) is 0.894. The van der Waals surface area contributed by atoms with Crippen LogP contribution in [0.3, 0.4) is 0 Å². The summed E-state index contributed by atoms with van der Waals surface area (Å²) in [5.41, 5.74) is 0.477. The van der Waals surface area contributed by atoms with Crippen LogP contribution in [0.5, 0.6) is 0 Å². The van der Waals surface area contributed by atoms with E-state index in [1.165, 1.54) is 6.20 Å². The Hall–Kier alpha value is -1.71. The van der Waals surface area contributed by atoms with Gasteiger partial charge in [0.15, 0.2) is 0 Å². The van der Waals surface area contributed by atoms with Gasteiger partial charge in [0, 0.05) is 22.7 Å². The van der Waals surface area contributed by atoms with Gasteiger partial charge in [-0.2, -0.15) is 0 Å². The van der Waals surface area contributed by atoms with E-state index in [0.29, 0.717) is 10.5 Å². The zero-order valence-corrected chi connectivity index (χ0v) is 5.64. The Kier molecular flexibility index (Phi) is 1.18. The maximum atomic E-state index is 10.6. The van der Waals surface area contributed by atoms with E-state index in [1.807, 2.05) is 6.07 Å². The molecule has 0 amide bonds. The lowest BCUT2D eigenvalue weighted by Crippen LogP contribution is -2.29. The van der Waals surface area contributed by atoms with Gasteiger partial charge < -0.3 is 5.21 Å². The molecule has 0 unspecified atom stereocenters. The predicted octanol–water partition coefficient (Wildman–Crippen LogP) is 0.263. The molecule has 0 aliphatic carbocycles. The van der Waals surface area contributed by atoms with Crippen molar-refractivity contribution in [2.75, 3.05) is 0 Å². The number of hydrogen-bond acceptors (Lipinski definition) is 3. The van der Waals surface area contributed by atoms with Crippen molar-refractivity contribution in [1.82, 2.24) is 10.1 Å². The first-order chi connectivity index (χ1) is 5.36. The Morgan fingerprint density at radius 2 is 2.27 bits per heavy atom. The van der Waals surface area contributed by atoms with Gasteiger partial charge in [0.25, 0.3) is 0 Å². The molecule has 0 bridgehead atoms. The molecule has 11 heavy (non-hydrogen) atoms. The molecule has 54 valence electrons. The third-order valence-electron chi connectivity index (χ3n) is 1.39. The van der Waals surface area contributed by atoms with Crippen LogP contribution in [-0.4, -0.2) is 10.1 Å². The Morgan fingerprint density at radius 1 is 1.36 bits per heavy atom. The van der Waals surface area contributed by atoms with Crippen molar-refractivity contribution in [2.24, 2.45) is 0 Å². The van der Waals surface area contributed by atoms with Gasteiger partial charge in [0.1, 0.15) is 0 Å². The lowest BCUT2D eigenvalue weighted by molar-refractivity contribution is -0.666.